The predicted molar refractivity (Wildman–Crippen MR) is 85.4 cm³/mol. The summed E-state index contributed by atoms with van der Waals surface area (Å²) in [5.74, 6) is -0.0656. The van der Waals surface area contributed by atoms with Gasteiger partial charge in [0.15, 0.2) is 0 Å². The van der Waals surface area contributed by atoms with Crippen LogP contribution in [0.2, 0.25) is 0 Å². The van der Waals surface area contributed by atoms with Crippen molar-refractivity contribution in [2.75, 3.05) is 18.4 Å². The lowest BCUT2D eigenvalue weighted by molar-refractivity contribution is -0.141. The van der Waals surface area contributed by atoms with Crippen molar-refractivity contribution >= 4 is 5.82 Å². The SMILES string of the molecule is Fc1cccc(CN2CCC(Nc3cc(C(F)(F)F)ncn3)CC2)c1. The summed E-state index contributed by atoms with van der Waals surface area (Å²) in [7, 11) is 0. The van der Waals surface area contributed by atoms with E-state index >= 15 is 0 Å². The van der Waals surface area contributed by atoms with Crippen molar-refractivity contribution < 1.29 is 17.6 Å². The summed E-state index contributed by atoms with van der Waals surface area (Å²) < 4.78 is 51.3. The molecule has 0 aliphatic carbocycles. The number of aromatic nitrogens is 2. The average Bonchev–Trinajstić information content (AvgIpc) is 2.56. The van der Waals surface area contributed by atoms with E-state index in [1.807, 2.05) is 6.07 Å². The highest BCUT2D eigenvalue weighted by Crippen LogP contribution is 2.28. The normalized spacial score (nSPS) is 16.8. The summed E-state index contributed by atoms with van der Waals surface area (Å²) in [5, 5.41) is 3.05. The van der Waals surface area contributed by atoms with Gasteiger partial charge in [-0.15, -0.1) is 0 Å². The van der Waals surface area contributed by atoms with Gasteiger partial charge in [0.05, 0.1) is 0 Å². The highest BCUT2D eigenvalue weighted by molar-refractivity contribution is 5.36. The minimum absolute atomic E-state index is 0.0553. The predicted octanol–water partition coefficient (Wildman–Crippen LogP) is 3.71. The Balaban J connectivity index is 1.53. The Morgan fingerprint density at radius 2 is 1.88 bits per heavy atom. The molecule has 25 heavy (non-hydrogen) atoms. The Bertz CT molecular complexity index is 712. The summed E-state index contributed by atoms with van der Waals surface area (Å²) in [4.78, 5) is 9.32. The van der Waals surface area contributed by atoms with E-state index in [-0.39, 0.29) is 17.7 Å². The first-order chi connectivity index (χ1) is 11.9. The van der Waals surface area contributed by atoms with Crippen LogP contribution in [0, 0.1) is 5.82 Å². The molecule has 0 amide bonds. The standard InChI is InChI=1S/C17H18F4N4/c18-13-3-1-2-12(8-13)10-25-6-4-14(5-7-25)24-16-9-15(17(19,20)21)22-11-23-16/h1-3,8-9,11,14H,4-7,10H2,(H,22,23,24). The van der Waals surface area contributed by atoms with Crippen LogP contribution in [0.15, 0.2) is 36.7 Å². The fourth-order valence-corrected chi connectivity index (χ4v) is 2.93. The van der Waals surface area contributed by atoms with Crippen LogP contribution in [0.3, 0.4) is 0 Å². The molecule has 1 aliphatic heterocycles. The summed E-state index contributed by atoms with van der Waals surface area (Å²) in [6.45, 7) is 2.23. The molecule has 1 N–H and O–H groups in total. The molecule has 0 radical (unpaired) electrons. The van der Waals surface area contributed by atoms with Gasteiger partial charge in [-0.05, 0) is 30.5 Å². The van der Waals surface area contributed by atoms with Gasteiger partial charge >= 0.3 is 6.18 Å². The van der Waals surface area contributed by atoms with E-state index < -0.39 is 11.9 Å². The maximum Gasteiger partial charge on any atom is 0.433 e. The van der Waals surface area contributed by atoms with Crippen LogP contribution in [0.5, 0.6) is 0 Å². The lowest BCUT2D eigenvalue weighted by atomic mass is 10.0. The van der Waals surface area contributed by atoms with Crippen molar-refractivity contribution in [3.8, 4) is 0 Å². The second-order valence-corrected chi connectivity index (χ2v) is 6.11. The monoisotopic (exact) mass is 354 g/mol. The number of benzene rings is 1. The lowest BCUT2D eigenvalue weighted by Crippen LogP contribution is -2.38. The molecule has 0 spiro atoms. The molecule has 134 valence electrons. The lowest BCUT2D eigenvalue weighted by Gasteiger charge is -2.32. The number of alkyl halides is 3. The quantitative estimate of drug-likeness (QED) is 0.850. The third kappa shape index (κ3) is 4.88. The number of hydrogen-bond acceptors (Lipinski definition) is 4. The summed E-state index contributed by atoms with van der Waals surface area (Å²) >= 11 is 0. The second-order valence-electron chi connectivity index (χ2n) is 6.11. The highest BCUT2D eigenvalue weighted by Gasteiger charge is 2.33. The van der Waals surface area contributed by atoms with E-state index in [0.717, 1.165) is 43.9 Å². The number of likely N-dealkylation sites (tertiary alicyclic amines) is 1. The number of nitrogens with zero attached hydrogens (tertiary/aromatic N) is 3. The van der Waals surface area contributed by atoms with Gasteiger partial charge in [-0.2, -0.15) is 13.2 Å². The third-order valence-corrected chi connectivity index (χ3v) is 4.19. The number of anilines is 1. The zero-order chi connectivity index (χ0) is 17.9. The molecule has 1 aliphatic rings. The summed E-state index contributed by atoms with van der Waals surface area (Å²) in [6.07, 6.45) is -2.00. The molecule has 1 aromatic heterocycles. The Labute approximate surface area is 142 Å². The van der Waals surface area contributed by atoms with Gasteiger partial charge in [-0.25, -0.2) is 14.4 Å². The van der Waals surface area contributed by atoms with Gasteiger partial charge in [-0.1, -0.05) is 12.1 Å². The molecule has 0 saturated carbocycles. The maximum absolute atomic E-state index is 13.2. The number of halogens is 4. The summed E-state index contributed by atoms with van der Waals surface area (Å²) in [5.41, 5.74) is -0.0365. The fourth-order valence-electron chi connectivity index (χ4n) is 2.93. The molecule has 2 aromatic rings. The van der Waals surface area contributed by atoms with Gasteiger partial charge in [0, 0.05) is 31.7 Å². The Hall–Kier alpha value is -2.22. The molecule has 0 bridgehead atoms. The van der Waals surface area contributed by atoms with Crippen molar-refractivity contribution in [2.24, 2.45) is 0 Å². The van der Waals surface area contributed by atoms with Crippen molar-refractivity contribution in [3.63, 3.8) is 0 Å². The van der Waals surface area contributed by atoms with E-state index in [9.17, 15) is 17.6 Å². The van der Waals surface area contributed by atoms with E-state index in [2.05, 4.69) is 20.2 Å². The number of piperidine rings is 1. The smallest absolute Gasteiger partial charge is 0.367 e. The van der Waals surface area contributed by atoms with E-state index in [4.69, 9.17) is 0 Å². The summed E-state index contributed by atoms with van der Waals surface area (Å²) in [6, 6.07) is 7.48. The fraction of sp³-hybridized carbons (Fsp3) is 0.412. The molecular formula is C17H18F4N4. The van der Waals surface area contributed by atoms with Crippen LogP contribution in [0.4, 0.5) is 23.4 Å². The van der Waals surface area contributed by atoms with Crippen molar-refractivity contribution in [1.82, 2.24) is 14.9 Å². The van der Waals surface area contributed by atoms with E-state index in [1.165, 1.54) is 12.1 Å². The Morgan fingerprint density at radius 1 is 1.12 bits per heavy atom. The van der Waals surface area contributed by atoms with E-state index in [1.54, 1.807) is 6.07 Å². The first-order valence-corrected chi connectivity index (χ1v) is 8.03. The zero-order valence-corrected chi connectivity index (χ0v) is 13.4. The van der Waals surface area contributed by atoms with Gasteiger partial charge < -0.3 is 5.32 Å². The van der Waals surface area contributed by atoms with E-state index in [0.29, 0.717) is 6.54 Å². The molecule has 0 atom stereocenters. The first kappa shape index (κ1) is 17.6. The van der Waals surface area contributed by atoms with Crippen LogP contribution >= 0.6 is 0 Å². The molecular weight excluding hydrogens is 336 g/mol. The topological polar surface area (TPSA) is 41.0 Å². The number of nitrogens with one attached hydrogen (secondary N) is 1. The first-order valence-electron chi connectivity index (χ1n) is 8.03. The minimum Gasteiger partial charge on any atom is -0.367 e. The Morgan fingerprint density at radius 3 is 2.56 bits per heavy atom. The average molecular weight is 354 g/mol. The van der Waals surface area contributed by atoms with Crippen LogP contribution < -0.4 is 5.32 Å². The Kier molecular flexibility index (Phi) is 5.17. The second kappa shape index (κ2) is 7.35. The zero-order valence-electron chi connectivity index (χ0n) is 13.4. The van der Waals surface area contributed by atoms with Crippen LogP contribution in [-0.4, -0.2) is 34.0 Å². The van der Waals surface area contributed by atoms with Gasteiger partial charge in [0.25, 0.3) is 0 Å². The molecule has 1 fully saturated rings. The third-order valence-electron chi connectivity index (χ3n) is 4.19. The number of rotatable bonds is 4. The van der Waals surface area contributed by atoms with Crippen molar-refractivity contribution in [2.45, 2.75) is 31.6 Å². The molecule has 1 aromatic carbocycles. The van der Waals surface area contributed by atoms with Crippen molar-refractivity contribution in [3.05, 3.63) is 53.7 Å². The van der Waals surface area contributed by atoms with Gasteiger partial charge in [-0.3, -0.25) is 4.90 Å². The largest absolute Gasteiger partial charge is 0.433 e. The molecule has 1 saturated heterocycles. The number of hydrogen-bond donors (Lipinski definition) is 1. The van der Waals surface area contributed by atoms with Crippen LogP contribution in [0.1, 0.15) is 24.1 Å². The highest BCUT2D eigenvalue weighted by atomic mass is 19.4. The van der Waals surface area contributed by atoms with Gasteiger partial charge in [0.2, 0.25) is 0 Å². The van der Waals surface area contributed by atoms with Gasteiger partial charge in [0.1, 0.15) is 23.7 Å². The van der Waals surface area contributed by atoms with Crippen molar-refractivity contribution in [1.29, 1.82) is 0 Å². The molecule has 2 heterocycles. The molecule has 0 unspecified atom stereocenters. The molecule has 8 heteroatoms. The molecule has 4 nitrogen and oxygen atoms in total. The maximum atomic E-state index is 13.2. The molecule has 3 rings (SSSR count). The minimum atomic E-state index is -4.48. The van der Waals surface area contributed by atoms with Crippen LogP contribution in [-0.2, 0) is 12.7 Å². The van der Waals surface area contributed by atoms with Crippen LogP contribution in [0.25, 0.3) is 0 Å².